The Morgan fingerprint density at radius 2 is 2.00 bits per heavy atom. The zero-order chi connectivity index (χ0) is 10.8. The highest BCUT2D eigenvalue weighted by Gasteiger charge is 1.96. The molecule has 0 aliphatic rings. The number of carbonyl (C=O) groups excluding carboxylic acids is 1. The monoisotopic (exact) mass is 200 g/mol. The highest BCUT2D eigenvalue weighted by atomic mass is 16.5. The van der Waals surface area contributed by atoms with Crippen molar-refractivity contribution in [1.82, 2.24) is 10.6 Å². The molecule has 0 atom stereocenters. The predicted molar refractivity (Wildman–Crippen MR) is 57.3 cm³/mol. The fraction of sp³-hybridized carbons (Fsp3) is 0.700. The van der Waals surface area contributed by atoms with E-state index in [9.17, 15) is 4.79 Å². The summed E-state index contributed by atoms with van der Waals surface area (Å²) in [4.78, 5) is 11.0. The van der Waals surface area contributed by atoms with Crippen molar-refractivity contribution in [3.63, 3.8) is 0 Å². The van der Waals surface area contributed by atoms with Crippen LogP contribution in [0.4, 0.5) is 4.79 Å². The second-order valence-corrected chi connectivity index (χ2v) is 3.19. The second kappa shape index (κ2) is 8.56. The van der Waals surface area contributed by atoms with E-state index in [1.807, 2.05) is 13.8 Å². The molecule has 0 bridgehead atoms. The lowest BCUT2D eigenvalue weighted by Crippen LogP contribution is -2.37. The van der Waals surface area contributed by atoms with Gasteiger partial charge in [0, 0.05) is 13.1 Å². The van der Waals surface area contributed by atoms with Gasteiger partial charge in [0.1, 0.15) is 0 Å². The minimum atomic E-state index is -0.134. The molecular formula is C10H20N2O2. The lowest BCUT2D eigenvalue weighted by molar-refractivity contribution is 0.158. The van der Waals surface area contributed by atoms with Gasteiger partial charge < -0.3 is 15.4 Å². The van der Waals surface area contributed by atoms with Crippen LogP contribution in [0.1, 0.15) is 20.3 Å². The fourth-order valence-corrected chi connectivity index (χ4v) is 0.784. The van der Waals surface area contributed by atoms with Crippen molar-refractivity contribution in [2.75, 3.05) is 26.3 Å². The molecule has 0 heterocycles. The van der Waals surface area contributed by atoms with Gasteiger partial charge in [0.25, 0.3) is 0 Å². The number of rotatable bonds is 7. The largest absolute Gasteiger partial charge is 0.375 e. The normalized spacial score (nSPS) is 9.57. The van der Waals surface area contributed by atoms with Gasteiger partial charge in [0.2, 0.25) is 0 Å². The highest BCUT2D eigenvalue weighted by Crippen LogP contribution is 1.86. The first kappa shape index (κ1) is 13.0. The van der Waals surface area contributed by atoms with E-state index in [4.69, 9.17) is 4.74 Å². The fourth-order valence-electron chi connectivity index (χ4n) is 0.784. The van der Waals surface area contributed by atoms with E-state index in [1.54, 1.807) is 0 Å². The SMILES string of the molecule is C=C(C)COCCNC(=O)NCCC. The van der Waals surface area contributed by atoms with Gasteiger partial charge >= 0.3 is 6.03 Å². The van der Waals surface area contributed by atoms with E-state index >= 15 is 0 Å². The summed E-state index contributed by atoms with van der Waals surface area (Å²) in [7, 11) is 0. The molecule has 0 unspecified atom stereocenters. The molecule has 0 spiro atoms. The average molecular weight is 200 g/mol. The number of urea groups is 1. The van der Waals surface area contributed by atoms with Gasteiger partial charge in [-0.05, 0) is 13.3 Å². The summed E-state index contributed by atoms with van der Waals surface area (Å²) in [5, 5.41) is 5.40. The molecule has 0 radical (unpaired) electrons. The van der Waals surface area contributed by atoms with Crippen LogP contribution in [0.2, 0.25) is 0 Å². The Labute approximate surface area is 85.7 Å². The number of ether oxygens (including phenoxy) is 1. The first-order valence-electron chi connectivity index (χ1n) is 4.90. The molecule has 14 heavy (non-hydrogen) atoms. The summed E-state index contributed by atoms with van der Waals surface area (Å²) in [6, 6.07) is -0.134. The molecule has 2 amide bonds. The van der Waals surface area contributed by atoms with Crippen LogP contribution in [0.3, 0.4) is 0 Å². The van der Waals surface area contributed by atoms with Crippen molar-refractivity contribution >= 4 is 6.03 Å². The van der Waals surface area contributed by atoms with Crippen LogP contribution in [0.5, 0.6) is 0 Å². The average Bonchev–Trinajstić information content (AvgIpc) is 2.13. The lowest BCUT2D eigenvalue weighted by atomic mass is 10.4. The Morgan fingerprint density at radius 3 is 2.57 bits per heavy atom. The van der Waals surface area contributed by atoms with Crippen LogP contribution in [-0.4, -0.2) is 32.3 Å². The van der Waals surface area contributed by atoms with Crippen LogP contribution in [0.25, 0.3) is 0 Å². The Balaban J connectivity index is 3.19. The van der Waals surface area contributed by atoms with Gasteiger partial charge in [0.05, 0.1) is 13.2 Å². The number of carbonyl (C=O) groups is 1. The predicted octanol–water partition coefficient (Wildman–Crippen LogP) is 1.29. The number of nitrogens with one attached hydrogen (secondary N) is 2. The second-order valence-electron chi connectivity index (χ2n) is 3.19. The molecular weight excluding hydrogens is 180 g/mol. The molecule has 0 saturated heterocycles. The summed E-state index contributed by atoms with van der Waals surface area (Å²) in [5.74, 6) is 0. The van der Waals surface area contributed by atoms with Crippen molar-refractivity contribution in [2.24, 2.45) is 0 Å². The highest BCUT2D eigenvalue weighted by molar-refractivity contribution is 5.73. The van der Waals surface area contributed by atoms with E-state index in [0.29, 0.717) is 26.3 Å². The molecule has 82 valence electrons. The first-order valence-corrected chi connectivity index (χ1v) is 4.90. The molecule has 0 aromatic heterocycles. The summed E-state index contributed by atoms with van der Waals surface area (Å²) in [6.07, 6.45) is 0.944. The van der Waals surface area contributed by atoms with Crippen molar-refractivity contribution in [3.8, 4) is 0 Å². The Morgan fingerprint density at radius 1 is 1.36 bits per heavy atom. The molecule has 0 aliphatic carbocycles. The third-order valence-corrected chi connectivity index (χ3v) is 1.42. The van der Waals surface area contributed by atoms with Crippen LogP contribution in [0, 0.1) is 0 Å². The van der Waals surface area contributed by atoms with Crippen molar-refractivity contribution in [2.45, 2.75) is 20.3 Å². The van der Waals surface area contributed by atoms with E-state index in [1.165, 1.54) is 0 Å². The standard InChI is InChI=1S/C10H20N2O2/c1-4-5-11-10(13)12-6-7-14-8-9(2)3/h2,4-8H2,1,3H3,(H2,11,12,13). The Bertz CT molecular complexity index is 181. The van der Waals surface area contributed by atoms with E-state index in [-0.39, 0.29) is 6.03 Å². The van der Waals surface area contributed by atoms with Gasteiger partial charge in [0.15, 0.2) is 0 Å². The number of amides is 2. The molecule has 0 fully saturated rings. The minimum absolute atomic E-state index is 0.134. The van der Waals surface area contributed by atoms with Gasteiger partial charge in [-0.1, -0.05) is 19.1 Å². The summed E-state index contributed by atoms with van der Waals surface area (Å²) < 4.78 is 5.21. The molecule has 2 N–H and O–H groups in total. The van der Waals surface area contributed by atoms with Gasteiger partial charge in [-0.2, -0.15) is 0 Å². The summed E-state index contributed by atoms with van der Waals surface area (Å²) >= 11 is 0. The third kappa shape index (κ3) is 9.06. The first-order chi connectivity index (χ1) is 6.66. The zero-order valence-corrected chi connectivity index (χ0v) is 9.06. The summed E-state index contributed by atoms with van der Waals surface area (Å²) in [6.45, 7) is 9.93. The molecule has 0 aromatic carbocycles. The quantitative estimate of drug-likeness (QED) is 0.480. The molecule has 0 saturated carbocycles. The molecule has 4 heteroatoms. The van der Waals surface area contributed by atoms with Crippen LogP contribution >= 0.6 is 0 Å². The number of hydrogen-bond donors (Lipinski definition) is 2. The smallest absolute Gasteiger partial charge is 0.314 e. The van der Waals surface area contributed by atoms with Gasteiger partial charge in [-0.3, -0.25) is 0 Å². The lowest BCUT2D eigenvalue weighted by Gasteiger charge is -2.07. The molecule has 0 aromatic rings. The van der Waals surface area contributed by atoms with Crippen LogP contribution in [0.15, 0.2) is 12.2 Å². The zero-order valence-electron chi connectivity index (χ0n) is 9.06. The van der Waals surface area contributed by atoms with Crippen LogP contribution < -0.4 is 10.6 Å². The van der Waals surface area contributed by atoms with Crippen molar-refractivity contribution in [3.05, 3.63) is 12.2 Å². The maximum absolute atomic E-state index is 11.0. The molecule has 0 rings (SSSR count). The van der Waals surface area contributed by atoms with E-state index in [2.05, 4.69) is 17.2 Å². The Kier molecular flexibility index (Phi) is 7.93. The molecule has 0 aliphatic heterocycles. The van der Waals surface area contributed by atoms with E-state index < -0.39 is 0 Å². The Hall–Kier alpha value is -1.03. The summed E-state index contributed by atoms with van der Waals surface area (Å²) in [5.41, 5.74) is 0.987. The maximum atomic E-state index is 11.0. The maximum Gasteiger partial charge on any atom is 0.314 e. The third-order valence-electron chi connectivity index (χ3n) is 1.42. The van der Waals surface area contributed by atoms with Crippen LogP contribution in [-0.2, 0) is 4.74 Å². The molecule has 4 nitrogen and oxygen atoms in total. The van der Waals surface area contributed by atoms with Crippen molar-refractivity contribution < 1.29 is 9.53 Å². The minimum Gasteiger partial charge on any atom is -0.375 e. The van der Waals surface area contributed by atoms with Gasteiger partial charge in [-0.15, -0.1) is 0 Å². The van der Waals surface area contributed by atoms with Crippen molar-refractivity contribution in [1.29, 1.82) is 0 Å². The van der Waals surface area contributed by atoms with E-state index in [0.717, 1.165) is 12.0 Å². The topological polar surface area (TPSA) is 50.4 Å². The van der Waals surface area contributed by atoms with Gasteiger partial charge in [-0.25, -0.2) is 4.79 Å². The number of hydrogen-bond acceptors (Lipinski definition) is 2.